The van der Waals surface area contributed by atoms with E-state index in [1.165, 1.54) is 0 Å². The van der Waals surface area contributed by atoms with Crippen molar-refractivity contribution in [3.05, 3.63) is 48.4 Å². The molecule has 1 atom stereocenters. The molecule has 0 aliphatic carbocycles. The molecule has 4 rings (SSSR count). The maximum Gasteiger partial charge on any atom is 0.270 e. The Bertz CT molecular complexity index is 703. The van der Waals surface area contributed by atoms with Crippen LogP contribution >= 0.6 is 0 Å². The second-order valence-corrected chi connectivity index (χ2v) is 7.08. The van der Waals surface area contributed by atoms with Gasteiger partial charge in [0.1, 0.15) is 11.5 Å². The SMILES string of the molecule is O=C(c1ccc[nH]1)N1CCC[C@]2(COCCN(c3ccccn3)C2)C1. The second-order valence-electron chi connectivity index (χ2n) is 7.08. The summed E-state index contributed by atoms with van der Waals surface area (Å²) < 4.78 is 5.94. The molecule has 2 aromatic rings. The number of pyridine rings is 1. The molecule has 2 aliphatic rings. The summed E-state index contributed by atoms with van der Waals surface area (Å²) in [7, 11) is 0. The molecule has 0 radical (unpaired) electrons. The highest BCUT2D eigenvalue weighted by atomic mass is 16.5. The molecule has 0 aromatic carbocycles. The summed E-state index contributed by atoms with van der Waals surface area (Å²) in [6.07, 6.45) is 5.71. The summed E-state index contributed by atoms with van der Waals surface area (Å²) in [5.41, 5.74) is 0.627. The lowest BCUT2D eigenvalue weighted by molar-refractivity contribution is 0.0133. The first-order valence-electron chi connectivity index (χ1n) is 8.92. The Balaban J connectivity index is 1.53. The van der Waals surface area contributed by atoms with Crippen molar-refractivity contribution in [3.8, 4) is 0 Å². The molecule has 25 heavy (non-hydrogen) atoms. The maximum atomic E-state index is 12.8. The number of aromatic nitrogens is 2. The fourth-order valence-electron chi connectivity index (χ4n) is 3.99. The Kier molecular flexibility index (Phi) is 4.44. The molecule has 0 bridgehead atoms. The average Bonchev–Trinajstić information content (AvgIpc) is 3.12. The van der Waals surface area contributed by atoms with E-state index in [1.807, 2.05) is 41.4 Å². The molecule has 1 amide bonds. The van der Waals surface area contributed by atoms with Crippen molar-refractivity contribution in [2.75, 3.05) is 44.3 Å². The van der Waals surface area contributed by atoms with Gasteiger partial charge in [-0.2, -0.15) is 0 Å². The maximum absolute atomic E-state index is 12.8. The second kappa shape index (κ2) is 6.88. The smallest absolute Gasteiger partial charge is 0.270 e. The summed E-state index contributed by atoms with van der Waals surface area (Å²) in [5.74, 6) is 1.07. The number of carbonyl (C=O) groups is 1. The third-order valence-electron chi connectivity index (χ3n) is 5.19. The Morgan fingerprint density at radius 1 is 1.20 bits per heavy atom. The lowest BCUT2D eigenvalue weighted by Gasteiger charge is -2.43. The van der Waals surface area contributed by atoms with Crippen LogP contribution < -0.4 is 4.90 Å². The normalized spacial score (nSPS) is 24.3. The van der Waals surface area contributed by atoms with Crippen molar-refractivity contribution in [2.24, 2.45) is 5.41 Å². The molecule has 2 aliphatic heterocycles. The minimum Gasteiger partial charge on any atom is -0.379 e. The zero-order valence-electron chi connectivity index (χ0n) is 14.4. The van der Waals surface area contributed by atoms with Gasteiger partial charge < -0.3 is 19.5 Å². The first kappa shape index (κ1) is 16.1. The largest absolute Gasteiger partial charge is 0.379 e. The van der Waals surface area contributed by atoms with Crippen LogP contribution in [0.15, 0.2) is 42.7 Å². The van der Waals surface area contributed by atoms with Gasteiger partial charge in [0.05, 0.1) is 13.2 Å². The molecule has 0 unspecified atom stereocenters. The summed E-state index contributed by atoms with van der Waals surface area (Å²) in [6, 6.07) is 9.70. The van der Waals surface area contributed by atoms with E-state index >= 15 is 0 Å². The molecule has 0 saturated carbocycles. The summed E-state index contributed by atoms with van der Waals surface area (Å²) in [5, 5.41) is 0. The van der Waals surface area contributed by atoms with Gasteiger partial charge in [0, 0.05) is 44.0 Å². The Morgan fingerprint density at radius 3 is 2.96 bits per heavy atom. The monoisotopic (exact) mass is 340 g/mol. The molecular weight excluding hydrogens is 316 g/mol. The van der Waals surface area contributed by atoms with Crippen molar-refractivity contribution in [2.45, 2.75) is 12.8 Å². The number of nitrogens with zero attached hydrogens (tertiary/aromatic N) is 3. The van der Waals surface area contributed by atoms with Gasteiger partial charge in [-0.15, -0.1) is 0 Å². The van der Waals surface area contributed by atoms with Gasteiger partial charge in [-0.3, -0.25) is 4.79 Å². The number of likely N-dealkylation sites (tertiary alicyclic amines) is 1. The summed E-state index contributed by atoms with van der Waals surface area (Å²) in [4.78, 5) is 24.6. The van der Waals surface area contributed by atoms with Gasteiger partial charge in [-0.25, -0.2) is 4.98 Å². The Morgan fingerprint density at radius 2 is 2.16 bits per heavy atom. The lowest BCUT2D eigenvalue weighted by Crippen LogP contribution is -2.52. The molecule has 6 nitrogen and oxygen atoms in total. The molecule has 1 N–H and O–H groups in total. The van der Waals surface area contributed by atoms with Gasteiger partial charge in [0.2, 0.25) is 0 Å². The van der Waals surface area contributed by atoms with Crippen LogP contribution in [0.2, 0.25) is 0 Å². The number of amides is 1. The van der Waals surface area contributed by atoms with Crippen molar-refractivity contribution >= 4 is 11.7 Å². The molecule has 132 valence electrons. The molecule has 2 aromatic heterocycles. The van der Waals surface area contributed by atoms with Crippen molar-refractivity contribution in [1.82, 2.24) is 14.9 Å². The summed E-state index contributed by atoms with van der Waals surface area (Å²) >= 11 is 0. The van der Waals surface area contributed by atoms with Gasteiger partial charge >= 0.3 is 0 Å². The fraction of sp³-hybridized carbons (Fsp3) is 0.474. The minimum absolute atomic E-state index is 0.0332. The quantitative estimate of drug-likeness (QED) is 0.910. The van der Waals surface area contributed by atoms with Crippen LogP contribution in [0, 0.1) is 5.41 Å². The van der Waals surface area contributed by atoms with Crippen molar-refractivity contribution in [3.63, 3.8) is 0 Å². The number of piperidine rings is 1. The van der Waals surface area contributed by atoms with Gasteiger partial charge in [-0.05, 0) is 37.1 Å². The first-order chi connectivity index (χ1) is 12.3. The van der Waals surface area contributed by atoms with Crippen LogP contribution in [0.1, 0.15) is 23.3 Å². The number of rotatable bonds is 2. The van der Waals surface area contributed by atoms with Gasteiger partial charge in [0.15, 0.2) is 0 Å². The zero-order chi connectivity index (χ0) is 17.1. The predicted molar refractivity (Wildman–Crippen MR) is 95.6 cm³/mol. The molecular formula is C19H24N4O2. The van der Waals surface area contributed by atoms with Crippen LogP contribution in [0.25, 0.3) is 0 Å². The highest BCUT2D eigenvalue weighted by molar-refractivity contribution is 5.92. The number of anilines is 1. The van der Waals surface area contributed by atoms with E-state index in [0.717, 1.165) is 44.8 Å². The van der Waals surface area contributed by atoms with E-state index in [9.17, 15) is 4.79 Å². The van der Waals surface area contributed by atoms with E-state index in [4.69, 9.17) is 4.74 Å². The van der Waals surface area contributed by atoms with Crippen LogP contribution in [0.4, 0.5) is 5.82 Å². The summed E-state index contributed by atoms with van der Waals surface area (Å²) in [6.45, 7) is 4.65. The van der Waals surface area contributed by atoms with Crippen molar-refractivity contribution in [1.29, 1.82) is 0 Å². The number of H-pyrrole nitrogens is 1. The van der Waals surface area contributed by atoms with E-state index in [-0.39, 0.29) is 11.3 Å². The van der Waals surface area contributed by atoms with Crippen molar-refractivity contribution < 1.29 is 9.53 Å². The highest BCUT2D eigenvalue weighted by Gasteiger charge is 2.40. The third kappa shape index (κ3) is 3.39. The number of aromatic amines is 1. The molecule has 4 heterocycles. The van der Waals surface area contributed by atoms with Crippen LogP contribution in [0.3, 0.4) is 0 Å². The lowest BCUT2D eigenvalue weighted by atomic mass is 9.80. The molecule has 2 saturated heterocycles. The molecule has 6 heteroatoms. The third-order valence-corrected chi connectivity index (χ3v) is 5.19. The molecule has 1 spiro atoms. The van der Waals surface area contributed by atoms with E-state index in [1.54, 1.807) is 6.20 Å². The number of ether oxygens (including phenoxy) is 1. The first-order valence-corrected chi connectivity index (χ1v) is 8.92. The fourth-order valence-corrected chi connectivity index (χ4v) is 3.99. The van der Waals surface area contributed by atoms with E-state index in [0.29, 0.717) is 18.9 Å². The zero-order valence-corrected chi connectivity index (χ0v) is 14.4. The van der Waals surface area contributed by atoms with E-state index < -0.39 is 0 Å². The number of nitrogens with one attached hydrogen (secondary N) is 1. The standard InChI is InChI=1S/C19H24N4O2/c24-18(16-5-3-9-20-16)23-10-4-7-19(14-23)13-22(11-12-25-15-19)17-6-1-2-8-21-17/h1-3,5-6,8-9,20H,4,7,10-15H2/t19-/m1/s1. The van der Waals surface area contributed by atoms with Gasteiger partial charge in [0.25, 0.3) is 5.91 Å². The number of hydrogen-bond donors (Lipinski definition) is 1. The minimum atomic E-state index is -0.0332. The Hall–Kier alpha value is -2.34. The Labute approximate surface area is 147 Å². The number of carbonyl (C=O) groups excluding carboxylic acids is 1. The highest BCUT2D eigenvalue weighted by Crippen LogP contribution is 2.34. The average molecular weight is 340 g/mol. The van der Waals surface area contributed by atoms with E-state index in [2.05, 4.69) is 14.9 Å². The van der Waals surface area contributed by atoms with Crippen LogP contribution in [-0.4, -0.2) is 60.2 Å². The topological polar surface area (TPSA) is 61.5 Å². The van der Waals surface area contributed by atoms with Crippen LogP contribution in [0.5, 0.6) is 0 Å². The van der Waals surface area contributed by atoms with Crippen LogP contribution in [-0.2, 0) is 4.74 Å². The molecule has 2 fully saturated rings. The van der Waals surface area contributed by atoms with Gasteiger partial charge in [-0.1, -0.05) is 6.07 Å². The predicted octanol–water partition coefficient (Wildman–Crippen LogP) is 2.17. The number of hydrogen-bond acceptors (Lipinski definition) is 4.